The van der Waals surface area contributed by atoms with Crippen LogP contribution < -0.4 is 9.62 Å². The fourth-order valence-electron chi connectivity index (χ4n) is 3.46. The molecule has 1 atom stereocenters. The van der Waals surface area contributed by atoms with Gasteiger partial charge in [0.1, 0.15) is 12.6 Å². The van der Waals surface area contributed by atoms with Crippen molar-refractivity contribution in [3.8, 4) is 0 Å². The van der Waals surface area contributed by atoms with Crippen molar-refractivity contribution < 1.29 is 18.0 Å². The minimum absolute atomic E-state index is 0.193. The largest absolute Gasteiger partial charge is 0.357 e. The predicted molar refractivity (Wildman–Crippen MR) is 123 cm³/mol. The summed E-state index contributed by atoms with van der Waals surface area (Å²) in [6.07, 6.45) is 1.08. The maximum atomic E-state index is 13.4. The molecule has 168 valence electrons. The summed E-state index contributed by atoms with van der Waals surface area (Å²) in [5, 5.41) is 2.56. The second kappa shape index (κ2) is 9.96. The Morgan fingerprint density at radius 1 is 1.00 bits per heavy atom. The molecule has 0 heterocycles. The van der Waals surface area contributed by atoms with E-state index in [1.165, 1.54) is 11.9 Å². The Balaban J connectivity index is 2.43. The van der Waals surface area contributed by atoms with Crippen molar-refractivity contribution in [1.29, 1.82) is 0 Å². The fraction of sp³-hybridized carbons (Fsp3) is 0.391. The van der Waals surface area contributed by atoms with E-state index in [0.717, 1.165) is 32.8 Å². The van der Waals surface area contributed by atoms with Crippen LogP contribution in [0.15, 0.2) is 42.5 Å². The normalized spacial score (nSPS) is 12.2. The Hall–Kier alpha value is -2.87. The number of nitrogens with zero attached hydrogens (tertiary/aromatic N) is 2. The molecule has 2 rings (SSSR count). The van der Waals surface area contributed by atoms with Crippen molar-refractivity contribution in [2.24, 2.45) is 0 Å². The van der Waals surface area contributed by atoms with Gasteiger partial charge in [-0.25, -0.2) is 8.42 Å². The molecule has 0 radical (unpaired) electrons. The lowest BCUT2D eigenvalue weighted by Crippen LogP contribution is -2.50. The molecule has 0 aliphatic heterocycles. The third-order valence-electron chi connectivity index (χ3n) is 5.26. The van der Waals surface area contributed by atoms with Crippen molar-refractivity contribution in [2.45, 2.75) is 40.3 Å². The topological polar surface area (TPSA) is 86.8 Å². The molecule has 2 aromatic carbocycles. The van der Waals surface area contributed by atoms with Crippen molar-refractivity contribution in [3.05, 3.63) is 64.7 Å². The summed E-state index contributed by atoms with van der Waals surface area (Å²) in [7, 11) is -2.23. The number of likely N-dealkylation sites (N-methyl/N-ethyl adjacent to an activating group) is 1. The van der Waals surface area contributed by atoms with E-state index < -0.39 is 28.5 Å². The lowest BCUT2D eigenvalue weighted by Gasteiger charge is -2.32. The summed E-state index contributed by atoms with van der Waals surface area (Å²) < 4.78 is 26.4. The summed E-state index contributed by atoms with van der Waals surface area (Å²) in [5.41, 5.74) is 3.93. The van der Waals surface area contributed by atoms with E-state index in [1.807, 2.05) is 63.2 Å². The maximum absolute atomic E-state index is 13.4. The number of para-hydroxylation sites is 1. The molecule has 0 fully saturated rings. The number of nitrogens with one attached hydrogen (secondary N) is 1. The molecule has 0 aromatic heterocycles. The summed E-state index contributed by atoms with van der Waals surface area (Å²) in [4.78, 5) is 27.1. The van der Waals surface area contributed by atoms with Gasteiger partial charge >= 0.3 is 0 Å². The highest BCUT2D eigenvalue weighted by Crippen LogP contribution is 2.27. The van der Waals surface area contributed by atoms with Gasteiger partial charge in [-0.3, -0.25) is 13.9 Å². The van der Waals surface area contributed by atoms with Crippen LogP contribution >= 0.6 is 0 Å². The number of hydrogen-bond donors (Lipinski definition) is 1. The van der Waals surface area contributed by atoms with Crippen molar-refractivity contribution >= 4 is 27.5 Å². The number of sulfonamides is 1. The van der Waals surface area contributed by atoms with E-state index in [-0.39, 0.29) is 12.5 Å². The van der Waals surface area contributed by atoms with Gasteiger partial charge in [-0.15, -0.1) is 0 Å². The quantitative estimate of drug-likeness (QED) is 0.677. The highest BCUT2D eigenvalue weighted by Gasteiger charge is 2.30. The van der Waals surface area contributed by atoms with E-state index in [4.69, 9.17) is 0 Å². The molecule has 0 spiro atoms. The molecule has 0 bridgehead atoms. The first-order valence-electron chi connectivity index (χ1n) is 10.1. The minimum atomic E-state index is -3.74. The smallest absolute Gasteiger partial charge is 0.244 e. The Bertz CT molecular complexity index is 1030. The molecule has 0 unspecified atom stereocenters. The lowest BCUT2D eigenvalue weighted by atomic mass is 10.1. The van der Waals surface area contributed by atoms with E-state index in [1.54, 1.807) is 6.92 Å². The average molecular weight is 446 g/mol. The van der Waals surface area contributed by atoms with Crippen LogP contribution in [0.5, 0.6) is 0 Å². The highest BCUT2D eigenvalue weighted by atomic mass is 32.2. The van der Waals surface area contributed by atoms with Gasteiger partial charge in [-0.1, -0.05) is 48.0 Å². The maximum Gasteiger partial charge on any atom is 0.244 e. The Labute approximate surface area is 185 Å². The molecule has 0 saturated carbocycles. The number of hydrogen-bond acceptors (Lipinski definition) is 4. The number of carbonyl (C=O) groups is 2. The second-order valence-electron chi connectivity index (χ2n) is 7.81. The van der Waals surface area contributed by atoms with Crippen LogP contribution in [0.25, 0.3) is 0 Å². The van der Waals surface area contributed by atoms with Crippen LogP contribution in [0.1, 0.15) is 29.2 Å². The van der Waals surface area contributed by atoms with Gasteiger partial charge < -0.3 is 10.2 Å². The summed E-state index contributed by atoms with van der Waals surface area (Å²) in [5.74, 6) is -0.775. The third-order valence-corrected chi connectivity index (χ3v) is 6.37. The van der Waals surface area contributed by atoms with E-state index in [0.29, 0.717) is 5.69 Å². The van der Waals surface area contributed by atoms with Crippen molar-refractivity contribution in [3.63, 3.8) is 0 Å². The number of amides is 2. The molecule has 2 amide bonds. The fourth-order valence-corrected chi connectivity index (χ4v) is 4.42. The molecule has 2 aromatic rings. The average Bonchev–Trinajstić information content (AvgIpc) is 2.70. The van der Waals surface area contributed by atoms with E-state index in [2.05, 4.69) is 5.32 Å². The Kier molecular flexibility index (Phi) is 7.84. The zero-order chi connectivity index (χ0) is 23.3. The molecular weight excluding hydrogens is 414 g/mol. The molecule has 0 aliphatic rings. The van der Waals surface area contributed by atoms with Gasteiger partial charge in [0, 0.05) is 13.6 Å². The summed E-state index contributed by atoms with van der Waals surface area (Å²) in [6.45, 7) is 7.02. The second-order valence-corrected chi connectivity index (χ2v) is 9.71. The summed E-state index contributed by atoms with van der Waals surface area (Å²) >= 11 is 0. The van der Waals surface area contributed by atoms with Crippen LogP contribution in [0.4, 0.5) is 5.69 Å². The van der Waals surface area contributed by atoms with Gasteiger partial charge in [0.05, 0.1) is 11.9 Å². The molecule has 31 heavy (non-hydrogen) atoms. The number of aryl methyl sites for hydroxylation is 3. The molecule has 0 aliphatic carbocycles. The predicted octanol–water partition coefficient (Wildman–Crippen LogP) is 2.54. The number of rotatable bonds is 8. The minimum Gasteiger partial charge on any atom is -0.357 e. The molecule has 7 nitrogen and oxygen atoms in total. The van der Waals surface area contributed by atoms with Crippen LogP contribution in [0.3, 0.4) is 0 Å². The zero-order valence-electron chi connectivity index (χ0n) is 19.0. The van der Waals surface area contributed by atoms with Gasteiger partial charge in [-0.2, -0.15) is 0 Å². The van der Waals surface area contributed by atoms with Gasteiger partial charge in [0.15, 0.2) is 0 Å². The van der Waals surface area contributed by atoms with E-state index >= 15 is 0 Å². The lowest BCUT2D eigenvalue weighted by molar-refractivity contribution is -0.139. The Morgan fingerprint density at radius 3 is 2.03 bits per heavy atom. The monoisotopic (exact) mass is 445 g/mol. The first-order valence-corrected chi connectivity index (χ1v) is 11.9. The summed E-state index contributed by atoms with van der Waals surface area (Å²) in [6, 6.07) is 12.3. The molecule has 0 saturated heterocycles. The van der Waals surface area contributed by atoms with Gasteiger partial charge in [0.25, 0.3) is 0 Å². The van der Waals surface area contributed by atoms with Gasteiger partial charge in [-0.05, 0) is 44.4 Å². The SMILES string of the molecule is CNC(=O)[C@@H](C)N(Cc1ccc(C)cc1)C(=O)CN(c1c(C)cccc1C)S(C)(=O)=O. The van der Waals surface area contributed by atoms with Crippen LogP contribution in [0.2, 0.25) is 0 Å². The highest BCUT2D eigenvalue weighted by molar-refractivity contribution is 7.92. The number of carbonyl (C=O) groups excluding carboxylic acids is 2. The third kappa shape index (κ3) is 6.07. The standard InChI is InChI=1S/C23H31N3O4S/c1-16-10-12-20(13-11-16)14-25(19(4)23(28)24-5)21(27)15-26(31(6,29)30)22-17(2)8-7-9-18(22)3/h7-13,19H,14-15H2,1-6H3,(H,24,28)/t19-/m1/s1. The molecular formula is C23H31N3O4S. The van der Waals surface area contributed by atoms with Crippen LogP contribution in [-0.4, -0.2) is 51.0 Å². The van der Waals surface area contributed by atoms with E-state index in [9.17, 15) is 18.0 Å². The van der Waals surface area contributed by atoms with Crippen molar-refractivity contribution in [2.75, 3.05) is 24.2 Å². The first kappa shape index (κ1) is 24.4. The van der Waals surface area contributed by atoms with Crippen LogP contribution in [0, 0.1) is 20.8 Å². The first-order chi connectivity index (χ1) is 14.5. The van der Waals surface area contributed by atoms with Crippen molar-refractivity contribution in [1.82, 2.24) is 10.2 Å². The van der Waals surface area contributed by atoms with Gasteiger partial charge in [0.2, 0.25) is 21.8 Å². The number of benzene rings is 2. The molecule has 1 N–H and O–H groups in total. The van der Waals surface area contributed by atoms with Crippen LogP contribution in [-0.2, 0) is 26.2 Å². The Morgan fingerprint density at radius 2 is 1.55 bits per heavy atom. The number of anilines is 1. The molecule has 8 heteroatoms. The zero-order valence-corrected chi connectivity index (χ0v) is 19.8.